The van der Waals surface area contributed by atoms with Gasteiger partial charge in [-0.2, -0.15) is 0 Å². The maximum absolute atomic E-state index is 5.84. The second kappa shape index (κ2) is 4.57. The van der Waals surface area contributed by atoms with Crippen molar-refractivity contribution in [2.45, 2.75) is 44.3 Å². The molecule has 0 amide bonds. The fraction of sp³-hybridized carbons (Fsp3) is 0.700. The third-order valence-electron chi connectivity index (χ3n) is 2.88. The van der Waals surface area contributed by atoms with Gasteiger partial charge in [-0.1, -0.05) is 0 Å². The zero-order chi connectivity index (χ0) is 9.80. The number of aromatic amines is 1. The molecule has 1 aliphatic carbocycles. The molecule has 2 rings (SSSR count). The van der Waals surface area contributed by atoms with E-state index in [1.807, 2.05) is 6.20 Å². The van der Waals surface area contributed by atoms with E-state index in [0.29, 0.717) is 12.1 Å². The van der Waals surface area contributed by atoms with E-state index in [0.717, 1.165) is 25.2 Å². The monoisotopic (exact) mass is 194 g/mol. The summed E-state index contributed by atoms with van der Waals surface area (Å²) < 4.78 is 0. The smallest absolute Gasteiger partial charge is 0.120 e. The topological polar surface area (TPSA) is 66.7 Å². The summed E-state index contributed by atoms with van der Waals surface area (Å²) in [5.74, 6) is 1.01. The lowest BCUT2D eigenvalue weighted by Gasteiger charge is -2.26. The molecule has 1 fully saturated rings. The van der Waals surface area contributed by atoms with Gasteiger partial charge in [0.15, 0.2) is 0 Å². The van der Waals surface area contributed by atoms with Crippen LogP contribution in [0, 0.1) is 0 Å². The molecule has 1 saturated carbocycles. The van der Waals surface area contributed by atoms with Crippen LogP contribution in [-0.4, -0.2) is 22.1 Å². The second-order valence-electron chi connectivity index (χ2n) is 4.03. The summed E-state index contributed by atoms with van der Waals surface area (Å²) in [5, 5.41) is 3.50. The zero-order valence-corrected chi connectivity index (χ0v) is 8.37. The molecule has 4 nitrogen and oxygen atoms in total. The predicted octanol–water partition coefficient (Wildman–Crippen LogP) is 0.769. The minimum Gasteiger partial charge on any atom is -0.348 e. The molecule has 0 saturated heterocycles. The number of imidazole rings is 1. The number of aromatic nitrogens is 2. The van der Waals surface area contributed by atoms with Crippen LogP contribution in [0.15, 0.2) is 12.4 Å². The Bertz CT molecular complexity index is 249. The molecule has 0 bridgehead atoms. The van der Waals surface area contributed by atoms with Crippen LogP contribution in [0.1, 0.15) is 31.5 Å². The Hall–Kier alpha value is -0.870. The van der Waals surface area contributed by atoms with Crippen molar-refractivity contribution in [2.75, 3.05) is 0 Å². The molecule has 0 aromatic carbocycles. The lowest BCUT2D eigenvalue weighted by Crippen LogP contribution is -2.37. The van der Waals surface area contributed by atoms with Gasteiger partial charge in [0.25, 0.3) is 0 Å². The first-order chi connectivity index (χ1) is 6.84. The van der Waals surface area contributed by atoms with E-state index < -0.39 is 0 Å². The Labute approximate surface area is 84.3 Å². The summed E-state index contributed by atoms with van der Waals surface area (Å²) in [6.07, 6.45) is 8.33. The van der Waals surface area contributed by atoms with E-state index in [1.165, 1.54) is 12.8 Å². The molecular weight excluding hydrogens is 176 g/mol. The Kier molecular flexibility index (Phi) is 3.16. The van der Waals surface area contributed by atoms with Crippen LogP contribution in [0.25, 0.3) is 0 Å². The van der Waals surface area contributed by atoms with Gasteiger partial charge in [-0.05, 0) is 25.7 Å². The van der Waals surface area contributed by atoms with Gasteiger partial charge in [-0.25, -0.2) is 4.98 Å². The fourth-order valence-electron chi connectivity index (χ4n) is 1.96. The number of H-pyrrole nitrogens is 1. The first kappa shape index (κ1) is 9.68. The molecule has 0 aliphatic heterocycles. The molecule has 1 aromatic heterocycles. The van der Waals surface area contributed by atoms with Crippen molar-refractivity contribution in [1.82, 2.24) is 15.3 Å². The van der Waals surface area contributed by atoms with Gasteiger partial charge >= 0.3 is 0 Å². The van der Waals surface area contributed by atoms with Gasteiger partial charge in [-0.15, -0.1) is 0 Å². The van der Waals surface area contributed by atoms with Crippen LogP contribution in [-0.2, 0) is 6.54 Å². The van der Waals surface area contributed by atoms with Crippen LogP contribution in [0.3, 0.4) is 0 Å². The van der Waals surface area contributed by atoms with Gasteiger partial charge in [-0.3, -0.25) is 0 Å². The maximum atomic E-state index is 5.84. The second-order valence-corrected chi connectivity index (χ2v) is 4.03. The molecule has 1 heterocycles. The average molecular weight is 194 g/mol. The van der Waals surface area contributed by atoms with Crippen LogP contribution >= 0.6 is 0 Å². The Morgan fingerprint density at radius 2 is 2.21 bits per heavy atom. The molecule has 1 aliphatic rings. The van der Waals surface area contributed by atoms with Gasteiger partial charge in [0, 0.05) is 24.5 Å². The Balaban J connectivity index is 1.71. The minimum absolute atomic E-state index is 0.427. The summed E-state index contributed by atoms with van der Waals surface area (Å²) in [6.45, 7) is 0.840. The third-order valence-corrected chi connectivity index (χ3v) is 2.88. The minimum atomic E-state index is 0.427. The first-order valence-corrected chi connectivity index (χ1v) is 5.32. The molecule has 78 valence electrons. The number of nitrogens with two attached hydrogens (primary N) is 1. The van der Waals surface area contributed by atoms with Crippen LogP contribution in [0.4, 0.5) is 0 Å². The van der Waals surface area contributed by atoms with Crippen molar-refractivity contribution >= 4 is 0 Å². The molecule has 1 aromatic rings. The fourth-order valence-corrected chi connectivity index (χ4v) is 1.96. The predicted molar refractivity (Wildman–Crippen MR) is 55.7 cm³/mol. The SMILES string of the molecule is NC1CCC(NCc2ncc[nH]2)CC1. The van der Waals surface area contributed by atoms with Crippen molar-refractivity contribution < 1.29 is 0 Å². The highest BCUT2D eigenvalue weighted by Crippen LogP contribution is 2.16. The van der Waals surface area contributed by atoms with Crippen molar-refractivity contribution in [3.63, 3.8) is 0 Å². The highest BCUT2D eigenvalue weighted by atomic mass is 15.0. The highest BCUT2D eigenvalue weighted by Gasteiger charge is 2.17. The van der Waals surface area contributed by atoms with Crippen molar-refractivity contribution in [3.8, 4) is 0 Å². The van der Waals surface area contributed by atoms with Gasteiger partial charge < -0.3 is 16.0 Å². The van der Waals surface area contributed by atoms with Crippen LogP contribution in [0.5, 0.6) is 0 Å². The van der Waals surface area contributed by atoms with Gasteiger partial charge in [0.05, 0.1) is 6.54 Å². The normalized spacial score (nSPS) is 27.8. The average Bonchev–Trinajstić information content (AvgIpc) is 2.70. The van der Waals surface area contributed by atoms with Crippen molar-refractivity contribution in [2.24, 2.45) is 5.73 Å². The Morgan fingerprint density at radius 1 is 1.43 bits per heavy atom. The van der Waals surface area contributed by atoms with E-state index in [4.69, 9.17) is 5.73 Å². The quantitative estimate of drug-likeness (QED) is 0.666. The number of rotatable bonds is 3. The number of hydrogen-bond donors (Lipinski definition) is 3. The summed E-state index contributed by atoms with van der Waals surface area (Å²) in [6, 6.07) is 1.05. The maximum Gasteiger partial charge on any atom is 0.120 e. The van der Waals surface area contributed by atoms with Gasteiger partial charge in [0.1, 0.15) is 5.82 Å². The lowest BCUT2D eigenvalue weighted by atomic mass is 9.92. The largest absolute Gasteiger partial charge is 0.348 e. The summed E-state index contributed by atoms with van der Waals surface area (Å²) in [5.41, 5.74) is 5.84. The highest BCUT2D eigenvalue weighted by molar-refractivity contribution is 4.88. The lowest BCUT2D eigenvalue weighted by molar-refractivity contribution is 0.340. The standard InChI is InChI=1S/C10H18N4/c11-8-1-3-9(4-2-8)14-7-10-12-5-6-13-10/h5-6,8-9,14H,1-4,7,11H2,(H,12,13). The van der Waals surface area contributed by atoms with E-state index in [-0.39, 0.29) is 0 Å². The van der Waals surface area contributed by atoms with E-state index >= 15 is 0 Å². The number of nitrogens with zero attached hydrogens (tertiary/aromatic N) is 1. The molecule has 4 heteroatoms. The van der Waals surface area contributed by atoms with E-state index in [1.54, 1.807) is 6.20 Å². The summed E-state index contributed by atoms with van der Waals surface area (Å²) in [7, 11) is 0. The van der Waals surface area contributed by atoms with Crippen LogP contribution in [0.2, 0.25) is 0 Å². The summed E-state index contributed by atoms with van der Waals surface area (Å²) >= 11 is 0. The molecule has 0 radical (unpaired) electrons. The Morgan fingerprint density at radius 3 is 2.86 bits per heavy atom. The molecule has 0 atom stereocenters. The molecule has 0 unspecified atom stereocenters. The molecule has 0 spiro atoms. The van der Waals surface area contributed by atoms with E-state index in [2.05, 4.69) is 15.3 Å². The molecule has 4 N–H and O–H groups in total. The number of nitrogens with one attached hydrogen (secondary N) is 2. The van der Waals surface area contributed by atoms with Gasteiger partial charge in [0.2, 0.25) is 0 Å². The first-order valence-electron chi connectivity index (χ1n) is 5.32. The van der Waals surface area contributed by atoms with Crippen molar-refractivity contribution in [1.29, 1.82) is 0 Å². The number of hydrogen-bond acceptors (Lipinski definition) is 3. The molecular formula is C10H18N4. The third kappa shape index (κ3) is 2.56. The molecule has 14 heavy (non-hydrogen) atoms. The zero-order valence-electron chi connectivity index (χ0n) is 8.37. The summed E-state index contributed by atoms with van der Waals surface area (Å²) in [4.78, 5) is 7.26. The van der Waals surface area contributed by atoms with Crippen LogP contribution < -0.4 is 11.1 Å². The van der Waals surface area contributed by atoms with E-state index in [9.17, 15) is 0 Å². The van der Waals surface area contributed by atoms with Crippen molar-refractivity contribution in [3.05, 3.63) is 18.2 Å².